The molecule has 0 aliphatic carbocycles. The molecule has 0 radical (unpaired) electrons. The fraction of sp³-hybridized carbons (Fsp3) is 0.0769. The predicted molar refractivity (Wildman–Crippen MR) is 65.1 cm³/mol. The summed E-state index contributed by atoms with van der Waals surface area (Å²) in [5.41, 5.74) is 1.01. The summed E-state index contributed by atoms with van der Waals surface area (Å²) in [5.74, 6) is -0.0632. The number of hydrogen-bond acceptors (Lipinski definition) is 2. The van der Waals surface area contributed by atoms with Crippen molar-refractivity contribution in [3.63, 3.8) is 0 Å². The third-order valence-corrected chi connectivity index (χ3v) is 2.71. The Bertz CT molecular complexity index is 555. The van der Waals surface area contributed by atoms with Crippen LogP contribution in [0.5, 0.6) is 11.5 Å². The topological polar surface area (TPSA) is 29.5 Å². The molecule has 0 aliphatic rings. The van der Waals surface area contributed by atoms with Gasteiger partial charge in [-0.3, -0.25) is 0 Å². The van der Waals surface area contributed by atoms with E-state index in [1.807, 2.05) is 0 Å². The number of phenolic OH excluding ortho intramolecular Hbond substituents is 1. The van der Waals surface area contributed by atoms with Gasteiger partial charge in [0, 0.05) is 11.6 Å². The van der Waals surface area contributed by atoms with Crippen LogP contribution in [0, 0.1) is 5.82 Å². The van der Waals surface area contributed by atoms with Gasteiger partial charge in [0.25, 0.3) is 0 Å². The average molecular weight is 253 g/mol. The van der Waals surface area contributed by atoms with Crippen molar-refractivity contribution in [2.45, 2.75) is 0 Å². The SMILES string of the molecule is COc1ccc(-c2ccc(O)cc2F)cc1Cl. The zero-order chi connectivity index (χ0) is 12.4. The van der Waals surface area contributed by atoms with Crippen LogP contribution >= 0.6 is 11.6 Å². The third kappa shape index (κ3) is 2.34. The molecule has 88 valence electrons. The molecule has 0 amide bonds. The van der Waals surface area contributed by atoms with Gasteiger partial charge in [0.1, 0.15) is 17.3 Å². The van der Waals surface area contributed by atoms with E-state index in [1.165, 1.54) is 19.2 Å². The van der Waals surface area contributed by atoms with E-state index in [9.17, 15) is 4.39 Å². The quantitative estimate of drug-likeness (QED) is 0.879. The molecule has 0 aliphatic heterocycles. The van der Waals surface area contributed by atoms with Gasteiger partial charge in [-0.1, -0.05) is 17.7 Å². The Labute approximate surface area is 103 Å². The summed E-state index contributed by atoms with van der Waals surface area (Å²) in [4.78, 5) is 0. The summed E-state index contributed by atoms with van der Waals surface area (Å²) in [6.07, 6.45) is 0. The minimum absolute atomic E-state index is 0.106. The third-order valence-electron chi connectivity index (χ3n) is 2.42. The Morgan fingerprint density at radius 2 is 1.94 bits per heavy atom. The highest BCUT2D eigenvalue weighted by Gasteiger charge is 2.08. The van der Waals surface area contributed by atoms with Crippen LogP contribution in [0.15, 0.2) is 36.4 Å². The maximum absolute atomic E-state index is 13.6. The molecular formula is C13H10ClFO2. The summed E-state index contributed by atoms with van der Waals surface area (Å²) in [7, 11) is 1.52. The lowest BCUT2D eigenvalue weighted by Crippen LogP contribution is -1.87. The van der Waals surface area contributed by atoms with Crippen molar-refractivity contribution >= 4 is 11.6 Å². The van der Waals surface area contributed by atoms with Crippen LogP contribution in [-0.2, 0) is 0 Å². The van der Waals surface area contributed by atoms with Gasteiger partial charge in [0.2, 0.25) is 0 Å². The number of rotatable bonds is 2. The number of hydrogen-bond donors (Lipinski definition) is 1. The summed E-state index contributed by atoms with van der Waals surface area (Å²) >= 11 is 5.97. The van der Waals surface area contributed by atoms with Crippen molar-refractivity contribution in [3.05, 3.63) is 47.2 Å². The van der Waals surface area contributed by atoms with Crippen molar-refractivity contribution < 1.29 is 14.2 Å². The van der Waals surface area contributed by atoms with Crippen LogP contribution in [0.25, 0.3) is 11.1 Å². The lowest BCUT2D eigenvalue weighted by Gasteiger charge is -2.07. The van der Waals surface area contributed by atoms with E-state index >= 15 is 0 Å². The number of halogens is 2. The first kappa shape index (κ1) is 11.7. The molecule has 0 aromatic heterocycles. The largest absolute Gasteiger partial charge is 0.508 e. The normalized spacial score (nSPS) is 10.3. The highest BCUT2D eigenvalue weighted by molar-refractivity contribution is 6.32. The standard InChI is InChI=1S/C13H10ClFO2/c1-17-13-5-2-8(6-11(13)14)10-4-3-9(16)7-12(10)15/h2-7,16H,1H3. The maximum Gasteiger partial charge on any atom is 0.137 e. The van der Waals surface area contributed by atoms with Gasteiger partial charge >= 0.3 is 0 Å². The number of methoxy groups -OCH3 is 1. The molecule has 0 atom stereocenters. The first-order valence-electron chi connectivity index (χ1n) is 4.94. The van der Waals surface area contributed by atoms with Crippen LogP contribution in [0.2, 0.25) is 5.02 Å². The van der Waals surface area contributed by atoms with E-state index in [0.717, 1.165) is 6.07 Å². The number of phenols is 1. The zero-order valence-electron chi connectivity index (χ0n) is 9.08. The lowest BCUT2D eigenvalue weighted by atomic mass is 10.0. The van der Waals surface area contributed by atoms with E-state index in [1.54, 1.807) is 18.2 Å². The molecule has 0 saturated heterocycles. The second-order valence-electron chi connectivity index (χ2n) is 3.51. The molecular weight excluding hydrogens is 243 g/mol. The first-order valence-corrected chi connectivity index (χ1v) is 5.32. The maximum atomic E-state index is 13.6. The second kappa shape index (κ2) is 4.63. The van der Waals surface area contributed by atoms with Gasteiger partial charge in [0.15, 0.2) is 0 Å². The van der Waals surface area contributed by atoms with Crippen molar-refractivity contribution in [1.82, 2.24) is 0 Å². The second-order valence-corrected chi connectivity index (χ2v) is 3.92. The molecule has 0 fully saturated rings. The number of benzene rings is 2. The lowest BCUT2D eigenvalue weighted by molar-refractivity contribution is 0.415. The monoisotopic (exact) mass is 252 g/mol. The Morgan fingerprint density at radius 3 is 2.53 bits per heavy atom. The van der Waals surface area contributed by atoms with Crippen LogP contribution in [0.1, 0.15) is 0 Å². The van der Waals surface area contributed by atoms with Crippen LogP contribution < -0.4 is 4.74 Å². The van der Waals surface area contributed by atoms with Crippen LogP contribution in [0.3, 0.4) is 0 Å². The highest BCUT2D eigenvalue weighted by atomic mass is 35.5. The Balaban J connectivity index is 2.50. The van der Waals surface area contributed by atoms with Crippen molar-refractivity contribution in [1.29, 1.82) is 0 Å². The van der Waals surface area contributed by atoms with E-state index in [4.69, 9.17) is 21.4 Å². The number of aromatic hydroxyl groups is 1. The molecule has 4 heteroatoms. The van der Waals surface area contributed by atoms with E-state index in [0.29, 0.717) is 21.9 Å². The summed E-state index contributed by atoms with van der Waals surface area (Å²) in [6, 6.07) is 8.99. The Kier molecular flexibility index (Phi) is 3.20. The van der Waals surface area contributed by atoms with Crippen molar-refractivity contribution in [3.8, 4) is 22.6 Å². The summed E-state index contributed by atoms with van der Waals surface area (Å²) in [5, 5.41) is 9.55. The smallest absolute Gasteiger partial charge is 0.137 e. The summed E-state index contributed by atoms with van der Waals surface area (Å²) in [6.45, 7) is 0. The van der Waals surface area contributed by atoms with Gasteiger partial charge in [-0.2, -0.15) is 0 Å². The molecule has 2 aromatic carbocycles. The van der Waals surface area contributed by atoms with Crippen LogP contribution in [-0.4, -0.2) is 12.2 Å². The number of ether oxygens (including phenoxy) is 1. The van der Waals surface area contributed by atoms with E-state index in [2.05, 4.69) is 0 Å². The Morgan fingerprint density at radius 1 is 1.18 bits per heavy atom. The molecule has 2 rings (SSSR count). The molecule has 0 saturated carbocycles. The molecule has 0 heterocycles. The van der Waals surface area contributed by atoms with Gasteiger partial charge in [-0.25, -0.2) is 4.39 Å². The van der Waals surface area contributed by atoms with E-state index < -0.39 is 5.82 Å². The molecule has 2 nitrogen and oxygen atoms in total. The minimum atomic E-state index is -0.494. The zero-order valence-corrected chi connectivity index (χ0v) is 9.83. The van der Waals surface area contributed by atoms with Crippen LogP contribution in [0.4, 0.5) is 4.39 Å². The van der Waals surface area contributed by atoms with E-state index in [-0.39, 0.29) is 5.75 Å². The fourth-order valence-electron chi connectivity index (χ4n) is 1.57. The first-order chi connectivity index (χ1) is 8.11. The van der Waals surface area contributed by atoms with Crippen molar-refractivity contribution in [2.24, 2.45) is 0 Å². The van der Waals surface area contributed by atoms with Crippen molar-refractivity contribution in [2.75, 3.05) is 7.11 Å². The highest BCUT2D eigenvalue weighted by Crippen LogP contribution is 2.32. The molecule has 2 aromatic rings. The Hall–Kier alpha value is -1.74. The van der Waals surface area contributed by atoms with Gasteiger partial charge < -0.3 is 9.84 Å². The van der Waals surface area contributed by atoms with Gasteiger partial charge in [0.05, 0.1) is 12.1 Å². The molecule has 0 spiro atoms. The molecule has 1 N–H and O–H groups in total. The minimum Gasteiger partial charge on any atom is -0.508 e. The summed E-state index contributed by atoms with van der Waals surface area (Å²) < 4.78 is 18.6. The molecule has 0 unspecified atom stereocenters. The fourth-order valence-corrected chi connectivity index (χ4v) is 1.83. The van der Waals surface area contributed by atoms with Gasteiger partial charge in [-0.15, -0.1) is 0 Å². The molecule has 17 heavy (non-hydrogen) atoms. The average Bonchev–Trinajstić information content (AvgIpc) is 2.29. The predicted octanol–water partition coefficient (Wildman–Crippen LogP) is 3.86. The van der Waals surface area contributed by atoms with Gasteiger partial charge in [-0.05, 0) is 29.8 Å². The molecule has 0 bridgehead atoms.